The van der Waals surface area contributed by atoms with E-state index in [1.807, 2.05) is 25.8 Å². The Bertz CT molecular complexity index is 968. The minimum atomic E-state index is -0.660. The first-order valence-electron chi connectivity index (χ1n) is 8.71. The third-order valence-corrected chi connectivity index (χ3v) is 5.20. The molecule has 1 aliphatic heterocycles. The van der Waals surface area contributed by atoms with E-state index in [0.29, 0.717) is 30.0 Å². The number of likely N-dealkylation sites (N-methyl/N-ethyl adjacent to an activating group) is 1. The predicted octanol–water partition coefficient (Wildman–Crippen LogP) is 1.51. The Morgan fingerprint density at radius 1 is 1.37 bits per heavy atom. The highest BCUT2D eigenvalue weighted by atomic mass is 19.1. The summed E-state index contributed by atoms with van der Waals surface area (Å²) in [6.07, 6.45) is 0. The van der Waals surface area contributed by atoms with Crippen molar-refractivity contribution in [2.45, 2.75) is 39.4 Å². The molecular formula is C19H23FN4O3. The van der Waals surface area contributed by atoms with E-state index in [1.54, 1.807) is 19.1 Å². The van der Waals surface area contributed by atoms with Gasteiger partial charge < -0.3 is 10.4 Å². The van der Waals surface area contributed by atoms with Crippen LogP contribution >= 0.6 is 0 Å². The van der Waals surface area contributed by atoms with Crippen LogP contribution in [0.2, 0.25) is 0 Å². The third-order valence-electron chi connectivity index (χ3n) is 5.20. The molecule has 0 atom stereocenters. The number of aryl methyl sites for hydroxylation is 1. The highest BCUT2D eigenvalue weighted by molar-refractivity contribution is 5.94. The molecule has 144 valence electrons. The van der Waals surface area contributed by atoms with Gasteiger partial charge in [0.2, 0.25) is 5.75 Å². The molecule has 3 rings (SSSR count). The molecule has 1 amide bonds. The van der Waals surface area contributed by atoms with Gasteiger partial charge in [-0.3, -0.25) is 19.1 Å². The van der Waals surface area contributed by atoms with Crippen molar-refractivity contribution in [3.8, 4) is 5.75 Å². The first-order chi connectivity index (χ1) is 12.6. The van der Waals surface area contributed by atoms with Gasteiger partial charge in [-0.1, -0.05) is 12.1 Å². The number of amides is 1. The maximum atomic E-state index is 13.4. The van der Waals surface area contributed by atoms with Crippen molar-refractivity contribution in [3.63, 3.8) is 0 Å². The van der Waals surface area contributed by atoms with Gasteiger partial charge in [-0.05, 0) is 45.0 Å². The van der Waals surface area contributed by atoms with E-state index in [2.05, 4.69) is 10.3 Å². The molecule has 7 nitrogen and oxygen atoms in total. The number of hydrogen-bond donors (Lipinski definition) is 2. The molecule has 8 heteroatoms. The summed E-state index contributed by atoms with van der Waals surface area (Å²) in [4.78, 5) is 31.4. The van der Waals surface area contributed by atoms with Crippen LogP contribution in [0.15, 0.2) is 23.0 Å². The van der Waals surface area contributed by atoms with Crippen LogP contribution < -0.4 is 10.9 Å². The monoisotopic (exact) mass is 374 g/mol. The zero-order valence-electron chi connectivity index (χ0n) is 15.8. The first kappa shape index (κ1) is 19.0. The van der Waals surface area contributed by atoms with Gasteiger partial charge in [0.1, 0.15) is 11.6 Å². The first-order valence-corrected chi connectivity index (χ1v) is 8.71. The second kappa shape index (κ2) is 6.77. The van der Waals surface area contributed by atoms with Crippen molar-refractivity contribution >= 4 is 5.91 Å². The van der Waals surface area contributed by atoms with Gasteiger partial charge in [0.25, 0.3) is 11.5 Å². The Kier molecular flexibility index (Phi) is 4.77. The summed E-state index contributed by atoms with van der Waals surface area (Å²) < 4.78 is 14.8. The second-order valence-corrected chi connectivity index (χ2v) is 7.34. The molecule has 2 heterocycles. The van der Waals surface area contributed by atoms with Crippen molar-refractivity contribution in [2.24, 2.45) is 0 Å². The average Bonchev–Trinajstić information content (AvgIpc) is 2.62. The number of nitrogens with zero attached hydrogens (tertiary/aromatic N) is 3. The SMILES string of the molecule is Cc1cc(CNC(=O)c2nc3n(c(=O)c2O)CCN(C)C3(C)C)ccc1F. The van der Waals surface area contributed by atoms with E-state index in [1.165, 1.54) is 10.6 Å². The van der Waals surface area contributed by atoms with Crippen LogP contribution in [0.25, 0.3) is 0 Å². The largest absolute Gasteiger partial charge is 0.501 e. The molecule has 0 unspecified atom stereocenters. The Morgan fingerprint density at radius 2 is 2.07 bits per heavy atom. The lowest BCUT2D eigenvalue weighted by atomic mass is 9.99. The molecule has 0 aliphatic carbocycles. The van der Waals surface area contributed by atoms with E-state index in [0.717, 1.165) is 0 Å². The molecule has 0 fully saturated rings. The molecule has 1 aliphatic rings. The molecule has 0 spiro atoms. The molecule has 0 saturated heterocycles. The summed E-state index contributed by atoms with van der Waals surface area (Å²) in [7, 11) is 1.92. The summed E-state index contributed by atoms with van der Waals surface area (Å²) in [5.41, 5.74) is -0.303. The fourth-order valence-corrected chi connectivity index (χ4v) is 3.16. The zero-order valence-corrected chi connectivity index (χ0v) is 15.8. The minimum absolute atomic E-state index is 0.128. The van der Waals surface area contributed by atoms with Crippen LogP contribution in [-0.4, -0.2) is 39.1 Å². The van der Waals surface area contributed by atoms with Crippen LogP contribution in [0.4, 0.5) is 4.39 Å². The molecule has 27 heavy (non-hydrogen) atoms. The summed E-state index contributed by atoms with van der Waals surface area (Å²) in [5, 5.41) is 12.8. The highest BCUT2D eigenvalue weighted by Crippen LogP contribution is 2.29. The topological polar surface area (TPSA) is 87.5 Å². The van der Waals surface area contributed by atoms with E-state index in [4.69, 9.17) is 0 Å². The van der Waals surface area contributed by atoms with Crippen LogP contribution in [0, 0.1) is 12.7 Å². The van der Waals surface area contributed by atoms with E-state index in [9.17, 15) is 19.1 Å². The summed E-state index contributed by atoms with van der Waals surface area (Å²) in [5.74, 6) is -1.20. The number of aromatic hydroxyl groups is 1. The van der Waals surface area contributed by atoms with Gasteiger partial charge in [0, 0.05) is 19.6 Å². The van der Waals surface area contributed by atoms with Crippen molar-refractivity contribution in [3.05, 3.63) is 57.0 Å². The molecule has 0 saturated carbocycles. The maximum Gasteiger partial charge on any atom is 0.296 e. The van der Waals surface area contributed by atoms with Gasteiger partial charge in [0.05, 0.1) is 5.54 Å². The van der Waals surface area contributed by atoms with Crippen molar-refractivity contribution < 1.29 is 14.3 Å². The minimum Gasteiger partial charge on any atom is -0.501 e. The van der Waals surface area contributed by atoms with E-state index >= 15 is 0 Å². The number of carbonyl (C=O) groups is 1. The second-order valence-electron chi connectivity index (χ2n) is 7.34. The number of hydrogen-bond acceptors (Lipinski definition) is 5. The van der Waals surface area contributed by atoms with E-state index < -0.39 is 22.8 Å². The number of halogens is 1. The van der Waals surface area contributed by atoms with Gasteiger partial charge in [-0.2, -0.15) is 0 Å². The maximum absolute atomic E-state index is 13.4. The molecule has 0 radical (unpaired) electrons. The van der Waals surface area contributed by atoms with E-state index in [-0.39, 0.29) is 18.1 Å². The molecule has 2 aromatic rings. The van der Waals surface area contributed by atoms with Crippen LogP contribution in [-0.2, 0) is 18.6 Å². The molecular weight excluding hydrogens is 351 g/mol. The Balaban J connectivity index is 1.91. The van der Waals surface area contributed by atoms with Gasteiger partial charge in [-0.25, -0.2) is 9.37 Å². The van der Waals surface area contributed by atoms with Crippen molar-refractivity contribution in [1.82, 2.24) is 19.8 Å². The van der Waals surface area contributed by atoms with Gasteiger partial charge in [-0.15, -0.1) is 0 Å². The predicted molar refractivity (Wildman–Crippen MR) is 98.1 cm³/mol. The summed E-state index contributed by atoms with van der Waals surface area (Å²) >= 11 is 0. The highest BCUT2D eigenvalue weighted by Gasteiger charge is 2.36. The fraction of sp³-hybridized carbons (Fsp3) is 0.421. The third kappa shape index (κ3) is 3.32. The van der Waals surface area contributed by atoms with Gasteiger partial charge >= 0.3 is 0 Å². The van der Waals surface area contributed by atoms with Crippen molar-refractivity contribution in [1.29, 1.82) is 0 Å². The lowest BCUT2D eigenvalue weighted by molar-refractivity contribution is 0.0919. The zero-order chi connectivity index (χ0) is 19.9. The fourth-order valence-electron chi connectivity index (χ4n) is 3.16. The number of benzene rings is 1. The normalized spacial score (nSPS) is 16.0. The lowest BCUT2D eigenvalue weighted by Gasteiger charge is -2.40. The Labute approximate surface area is 156 Å². The molecule has 1 aromatic heterocycles. The number of aromatic nitrogens is 2. The van der Waals surface area contributed by atoms with Crippen LogP contribution in [0.3, 0.4) is 0 Å². The summed E-state index contributed by atoms with van der Waals surface area (Å²) in [6, 6.07) is 4.52. The smallest absolute Gasteiger partial charge is 0.296 e. The molecule has 1 aromatic carbocycles. The lowest BCUT2D eigenvalue weighted by Crippen LogP contribution is -2.51. The van der Waals surface area contributed by atoms with Crippen LogP contribution in [0.1, 0.15) is 41.3 Å². The molecule has 2 N–H and O–H groups in total. The standard InChI is InChI=1S/C19H23FN4O3/c1-11-9-12(5-6-13(11)20)10-21-16(26)14-15(25)17(27)24-8-7-23(4)19(2,3)18(24)22-14/h5-6,9,25H,7-8,10H2,1-4H3,(H,21,26). The number of fused-ring (bicyclic) bond motifs is 1. The average molecular weight is 374 g/mol. The number of rotatable bonds is 3. The van der Waals surface area contributed by atoms with Gasteiger partial charge in [0.15, 0.2) is 5.69 Å². The molecule has 0 bridgehead atoms. The summed E-state index contributed by atoms with van der Waals surface area (Å²) in [6.45, 7) is 6.61. The quantitative estimate of drug-likeness (QED) is 0.850. The number of nitrogens with one attached hydrogen (secondary N) is 1. The Hall–Kier alpha value is -2.74. The van der Waals surface area contributed by atoms with Crippen LogP contribution in [0.5, 0.6) is 5.75 Å². The van der Waals surface area contributed by atoms with Crippen molar-refractivity contribution in [2.75, 3.05) is 13.6 Å². The Morgan fingerprint density at radius 3 is 2.74 bits per heavy atom. The number of carbonyl (C=O) groups excluding carboxylic acids is 1.